The number of carbonyl (C=O) groups is 1. The van der Waals surface area contributed by atoms with Crippen molar-refractivity contribution >= 4 is 28.5 Å². The highest BCUT2D eigenvalue weighted by molar-refractivity contribution is 6.17. The largest absolute Gasteiger partial charge is 0.363 e. The van der Waals surface area contributed by atoms with Gasteiger partial charge in [0.1, 0.15) is 11.4 Å². The summed E-state index contributed by atoms with van der Waals surface area (Å²) in [5, 5.41) is 24.5. The molecule has 4 rings (SSSR count). The van der Waals surface area contributed by atoms with Gasteiger partial charge in [-0.05, 0) is 39.1 Å². The van der Waals surface area contributed by atoms with Crippen LogP contribution in [-0.2, 0) is 0 Å². The number of aryl methyl sites for hydroxylation is 2. The number of benzene rings is 2. The number of hydrogen-bond donors (Lipinski definition) is 0. The Kier molecular flexibility index (Phi) is 8.27. The van der Waals surface area contributed by atoms with E-state index in [2.05, 4.69) is 23.6 Å². The van der Waals surface area contributed by atoms with Gasteiger partial charge in [-0.25, -0.2) is 0 Å². The smallest absolute Gasteiger partial charge is 0.296 e. The van der Waals surface area contributed by atoms with Gasteiger partial charge in [-0.3, -0.25) is 25.0 Å². The number of nitrogens with zero attached hydrogens (tertiary/aromatic N) is 6. The van der Waals surface area contributed by atoms with Gasteiger partial charge in [-0.1, -0.05) is 26.0 Å². The van der Waals surface area contributed by atoms with E-state index in [-0.39, 0.29) is 22.5 Å². The van der Waals surface area contributed by atoms with E-state index in [1.807, 2.05) is 9.80 Å². The molecule has 2 aliphatic heterocycles. The van der Waals surface area contributed by atoms with Crippen molar-refractivity contribution in [1.82, 2.24) is 9.80 Å². The number of carbonyl (C=O) groups excluding carboxylic acids is 1. The molecule has 0 N–H and O–H groups in total. The molecule has 11 nitrogen and oxygen atoms in total. The van der Waals surface area contributed by atoms with Gasteiger partial charge in [0.2, 0.25) is 0 Å². The van der Waals surface area contributed by atoms with Crippen LogP contribution in [0.2, 0.25) is 0 Å². The molecule has 0 bridgehead atoms. The summed E-state index contributed by atoms with van der Waals surface area (Å²) in [6.45, 7) is 14.4. The molecule has 204 valence electrons. The molecule has 0 unspecified atom stereocenters. The number of anilines is 2. The van der Waals surface area contributed by atoms with Crippen molar-refractivity contribution in [3.05, 3.63) is 66.7 Å². The topological polar surface area (TPSA) is 116 Å². The Bertz CT molecular complexity index is 1140. The first-order chi connectivity index (χ1) is 18.2. The minimum absolute atomic E-state index is 0.0829. The van der Waals surface area contributed by atoms with Crippen LogP contribution < -0.4 is 9.80 Å². The molecule has 0 amide bonds. The lowest BCUT2D eigenvalue weighted by atomic mass is 9.94. The molecule has 2 heterocycles. The van der Waals surface area contributed by atoms with Gasteiger partial charge in [0.15, 0.2) is 5.78 Å². The summed E-state index contributed by atoms with van der Waals surface area (Å²) in [4.78, 5) is 46.3. The van der Waals surface area contributed by atoms with Crippen LogP contribution in [0, 0.1) is 34.1 Å². The SMILES string of the molecule is CCN1CCN(c2c(C(=O)c3ccc(C)c([N+](=O)[O-])c3N3CCN(CC)CC3)ccc(C)c2[N+](=O)[O-])CC1. The monoisotopic (exact) mass is 524 g/mol. The van der Waals surface area contributed by atoms with Crippen molar-refractivity contribution in [3.63, 3.8) is 0 Å². The third-order valence-corrected chi connectivity index (χ3v) is 7.83. The molecule has 11 heteroatoms. The Balaban J connectivity index is 1.86. The first-order valence-electron chi connectivity index (χ1n) is 13.2. The Morgan fingerprint density at radius 3 is 1.32 bits per heavy atom. The molecule has 0 atom stereocenters. The Morgan fingerprint density at radius 2 is 1.03 bits per heavy atom. The minimum atomic E-state index is -0.433. The summed E-state index contributed by atoms with van der Waals surface area (Å²) in [6.07, 6.45) is 0. The zero-order valence-electron chi connectivity index (χ0n) is 22.6. The minimum Gasteiger partial charge on any atom is -0.363 e. The Morgan fingerprint density at radius 1 is 0.684 bits per heavy atom. The lowest BCUT2D eigenvalue weighted by Gasteiger charge is -2.37. The highest BCUT2D eigenvalue weighted by atomic mass is 16.6. The van der Waals surface area contributed by atoms with Crippen LogP contribution in [0.25, 0.3) is 0 Å². The molecule has 0 aromatic heterocycles. The second-order valence-electron chi connectivity index (χ2n) is 9.94. The number of nitro benzene ring substituents is 2. The number of nitro groups is 2. The van der Waals surface area contributed by atoms with Crippen LogP contribution in [0.1, 0.15) is 40.9 Å². The van der Waals surface area contributed by atoms with Crippen molar-refractivity contribution in [3.8, 4) is 0 Å². The molecule has 38 heavy (non-hydrogen) atoms. The fraction of sp³-hybridized carbons (Fsp3) is 0.519. The summed E-state index contributed by atoms with van der Waals surface area (Å²) < 4.78 is 0. The van der Waals surface area contributed by atoms with Gasteiger partial charge in [0.25, 0.3) is 11.4 Å². The number of ketones is 1. The molecule has 0 saturated carbocycles. The fourth-order valence-corrected chi connectivity index (χ4v) is 5.55. The van der Waals surface area contributed by atoms with Crippen molar-refractivity contribution < 1.29 is 14.6 Å². The second kappa shape index (κ2) is 11.4. The molecule has 0 spiro atoms. The highest BCUT2D eigenvalue weighted by Crippen LogP contribution is 2.41. The molecular weight excluding hydrogens is 488 g/mol. The zero-order chi connectivity index (χ0) is 27.6. The maximum Gasteiger partial charge on any atom is 0.296 e. The predicted octanol–water partition coefficient (Wildman–Crippen LogP) is 3.63. The van der Waals surface area contributed by atoms with E-state index < -0.39 is 15.6 Å². The van der Waals surface area contributed by atoms with E-state index >= 15 is 0 Å². The lowest BCUT2D eigenvalue weighted by molar-refractivity contribution is -0.384. The number of hydrogen-bond acceptors (Lipinski definition) is 9. The van der Waals surface area contributed by atoms with Crippen LogP contribution in [0.15, 0.2) is 24.3 Å². The van der Waals surface area contributed by atoms with Crippen LogP contribution in [0.5, 0.6) is 0 Å². The zero-order valence-corrected chi connectivity index (χ0v) is 22.6. The third-order valence-electron chi connectivity index (χ3n) is 7.83. The maximum atomic E-state index is 14.3. The summed E-state index contributed by atoms with van der Waals surface area (Å²) in [5.74, 6) is -0.433. The van der Waals surface area contributed by atoms with Crippen LogP contribution in [0.3, 0.4) is 0 Å². The normalized spacial score (nSPS) is 17.1. The molecule has 0 radical (unpaired) electrons. The number of rotatable bonds is 8. The first-order valence-corrected chi connectivity index (χ1v) is 13.2. The number of likely N-dealkylation sites (N-methyl/N-ethyl adjacent to an activating group) is 2. The maximum absolute atomic E-state index is 14.3. The van der Waals surface area contributed by atoms with Crippen LogP contribution >= 0.6 is 0 Å². The van der Waals surface area contributed by atoms with Gasteiger partial charge in [0, 0.05) is 63.5 Å². The Labute approximate surface area is 222 Å². The van der Waals surface area contributed by atoms with E-state index in [9.17, 15) is 25.0 Å². The molecule has 0 aliphatic carbocycles. The van der Waals surface area contributed by atoms with Crippen LogP contribution in [0.4, 0.5) is 22.7 Å². The lowest BCUT2D eigenvalue weighted by Crippen LogP contribution is -2.47. The Hall–Kier alpha value is -3.57. The average molecular weight is 525 g/mol. The summed E-state index contributed by atoms with van der Waals surface area (Å²) in [6, 6.07) is 6.46. The van der Waals surface area contributed by atoms with Gasteiger partial charge in [0.05, 0.1) is 21.0 Å². The van der Waals surface area contributed by atoms with Gasteiger partial charge < -0.3 is 19.6 Å². The highest BCUT2D eigenvalue weighted by Gasteiger charge is 2.35. The molecule has 2 aromatic carbocycles. The van der Waals surface area contributed by atoms with Crippen molar-refractivity contribution in [1.29, 1.82) is 0 Å². The van der Waals surface area contributed by atoms with E-state index in [0.29, 0.717) is 48.7 Å². The fourth-order valence-electron chi connectivity index (χ4n) is 5.55. The van der Waals surface area contributed by atoms with E-state index in [1.54, 1.807) is 38.1 Å². The molecular formula is C27H36N6O5. The van der Waals surface area contributed by atoms with Gasteiger partial charge >= 0.3 is 0 Å². The van der Waals surface area contributed by atoms with E-state index in [0.717, 1.165) is 39.3 Å². The predicted molar refractivity (Wildman–Crippen MR) is 148 cm³/mol. The molecule has 2 saturated heterocycles. The summed E-state index contributed by atoms with van der Waals surface area (Å²) in [5.41, 5.74) is 1.82. The van der Waals surface area contributed by atoms with Crippen molar-refractivity contribution in [2.75, 3.05) is 75.2 Å². The van der Waals surface area contributed by atoms with Crippen molar-refractivity contribution in [2.24, 2.45) is 0 Å². The summed E-state index contributed by atoms with van der Waals surface area (Å²) in [7, 11) is 0. The first kappa shape index (κ1) is 27.5. The van der Waals surface area contributed by atoms with E-state index in [1.165, 1.54) is 0 Å². The van der Waals surface area contributed by atoms with Gasteiger partial charge in [-0.2, -0.15) is 0 Å². The molecule has 2 fully saturated rings. The molecule has 2 aliphatic rings. The standard InChI is InChI=1S/C27H36N6O5/c1-5-28-11-15-30(16-12-28)25-21(9-7-19(3)23(25)32(35)36)27(34)22-10-8-20(4)24(33(37)38)26(22)31-17-13-29(6-2)14-18-31/h7-10H,5-6,11-18H2,1-4H3. The number of piperazine rings is 2. The molecule has 2 aromatic rings. The van der Waals surface area contributed by atoms with E-state index in [4.69, 9.17) is 0 Å². The quantitative estimate of drug-likeness (QED) is 0.290. The van der Waals surface area contributed by atoms with Crippen LogP contribution in [-0.4, -0.2) is 90.9 Å². The average Bonchev–Trinajstić information content (AvgIpc) is 2.92. The second-order valence-corrected chi connectivity index (χ2v) is 9.94. The summed E-state index contributed by atoms with van der Waals surface area (Å²) >= 11 is 0. The third kappa shape index (κ3) is 5.21. The van der Waals surface area contributed by atoms with Gasteiger partial charge in [-0.15, -0.1) is 0 Å². The van der Waals surface area contributed by atoms with Crippen molar-refractivity contribution in [2.45, 2.75) is 27.7 Å².